The number of hydrogen-bond acceptors (Lipinski definition) is 6. The van der Waals surface area contributed by atoms with Gasteiger partial charge in [0.15, 0.2) is 10.3 Å². The number of anilines is 1. The van der Waals surface area contributed by atoms with Gasteiger partial charge in [0, 0.05) is 18.3 Å². The second kappa shape index (κ2) is 8.01. The van der Waals surface area contributed by atoms with E-state index in [1.54, 1.807) is 0 Å². The minimum Gasteiger partial charge on any atom is -0.309 e. The Morgan fingerprint density at radius 2 is 2.00 bits per heavy atom. The lowest BCUT2D eigenvalue weighted by molar-refractivity contribution is -0.115. The van der Waals surface area contributed by atoms with E-state index >= 15 is 0 Å². The molecule has 3 rings (SSSR count). The van der Waals surface area contributed by atoms with Crippen LogP contribution in [0.2, 0.25) is 0 Å². The minimum atomic E-state index is -0.299. The van der Waals surface area contributed by atoms with Gasteiger partial charge >= 0.3 is 0 Å². The predicted octanol–water partition coefficient (Wildman–Crippen LogP) is 3.60. The summed E-state index contributed by atoms with van der Waals surface area (Å²) in [6.45, 7) is 5.79. The van der Waals surface area contributed by atoms with Gasteiger partial charge in [-0.3, -0.25) is 4.79 Å². The molecular formula is C18H21N5OS2. The Morgan fingerprint density at radius 1 is 1.27 bits per heavy atom. The SMILES string of the molecule is Cc1nc(NC(=O)C(C)Sc2nnc(Cc3ccccc3)n2C)sc1C. The summed E-state index contributed by atoms with van der Waals surface area (Å²) in [6.07, 6.45) is 0.711. The zero-order chi connectivity index (χ0) is 18.7. The molecule has 1 aromatic carbocycles. The number of rotatable bonds is 6. The van der Waals surface area contributed by atoms with E-state index in [4.69, 9.17) is 0 Å². The first-order valence-corrected chi connectivity index (χ1v) is 9.97. The summed E-state index contributed by atoms with van der Waals surface area (Å²) in [5, 5.41) is 12.5. The summed E-state index contributed by atoms with van der Waals surface area (Å²) >= 11 is 2.88. The molecule has 8 heteroatoms. The Morgan fingerprint density at radius 3 is 2.65 bits per heavy atom. The van der Waals surface area contributed by atoms with Crippen LogP contribution in [0, 0.1) is 13.8 Å². The normalized spacial score (nSPS) is 12.2. The molecule has 3 aromatic rings. The molecule has 0 fully saturated rings. The van der Waals surface area contributed by atoms with Crippen LogP contribution in [0.3, 0.4) is 0 Å². The molecule has 136 valence electrons. The maximum absolute atomic E-state index is 12.4. The lowest BCUT2D eigenvalue weighted by atomic mass is 10.1. The third-order valence-electron chi connectivity index (χ3n) is 4.04. The number of aryl methyl sites for hydroxylation is 2. The molecule has 0 radical (unpaired) electrons. The van der Waals surface area contributed by atoms with Crippen molar-refractivity contribution in [3.8, 4) is 0 Å². The number of carbonyl (C=O) groups is 1. The van der Waals surface area contributed by atoms with Crippen LogP contribution in [-0.2, 0) is 18.3 Å². The molecule has 1 N–H and O–H groups in total. The largest absolute Gasteiger partial charge is 0.309 e. The van der Waals surface area contributed by atoms with Crippen LogP contribution < -0.4 is 5.32 Å². The van der Waals surface area contributed by atoms with Crippen LogP contribution in [0.1, 0.15) is 28.9 Å². The summed E-state index contributed by atoms with van der Waals surface area (Å²) in [5.41, 5.74) is 2.13. The Bertz CT molecular complexity index is 884. The number of aromatic nitrogens is 4. The second-order valence-electron chi connectivity index (χ2n) is 6.03. The average Bonchev–Trinajstić information content (AvgIpc) is 3.11. The van der Waals surface area contributed by atoms with Gasteiger partial charge in [-0.25, -0.2) is 4.98 Å². The summed E-state index contributed by atoms with van der Waals surface area (Å²) in [7, 11) is 1.93. The molecule has 2 aromatic heterocycles. The molecule has 0 bridgehead atoms. The molecular weight excluding hydrogens is 366 g/mol. The van der Waals surface area contributed by atoms with Crippen LogP contribution in [0.25, 0.3) is 0 Å². The van der Waals surface area contributed by atoms with Gasteiger partial charge in [0.05, 0.1) is 10.9 Å². The fourth-order valence-corrected chi connectivity index (χ4v) is 3.98. The number of thioether (sulfide) groups is 1. The quantitative estimate of drug-likeness (QED) is 0.654. The van der Waals surface area contributed by atoms with Crippen molar-refractivity contribution in [3.05, 3.63) is 52.3 Å². The Balaban J connectivity index is 1.63. The van der Waals surface area contributed by atoms with E-state index in [2.05, 4.69) is 32.6 Å². The molecule has 0 aliphatic carbocycles. The highest BCUT2D eigenvalue weighted by atomic mass is 32.2. The van der Waals surface area contributed by atoms with Crippen molar-refractivity contribution < 1.29 is 4.79 Å². The van der Waals surface area contributed by atoms with E-state index < -0.39 is 0 Å². The van der Waals surface area contributed by atoms with Crippen molar-refractivity contribution in [3.63, 3.8) is 0 Å². The molecule has 0 aliphatic heterocycles. The van der Waals surface area contributed by atoms with Crippen molar-refractivity contribution >= 4 is 34.1 Å². The van der Waals surface area contributed by atoms with Gasteiger partial charge in [0.1, 0.15) is 5.82 Å². The van der Waals surface area contributed by atoms with E-state index in [1.807, 2.05) is 50.6 Å². The highest BCUT2D eigenvalue weighted by Crippen LogP contribution is 2.25. The van der Waals surface area contributed by atoms with Crippen molar-refractivity contribution in [2.45, 2.75) is 37.6 Å². The van der Waals surface area contributed by atoms with E-state index in [-0.39, 0.29) is 11.2 Å². The van der Waals surface area contributed by atoms with Gasteiger partial charge in [-0.1, -0.05) is 42.1 Å². The number of hydrogen-bond donors (Lipinski definition) is 1. The molecule has 1 amide bonds. The van der Waals surface area contributed by atoms with E-state index in [9.17, 15) is 4.79 Å². The third kappa shape index (κ3) is 4.31. The van der Waals surface area contributed by atoms with Gasteiger partial charge in [0.25, 0.3) is 0 Å². The van der Waals surface area contributed by atoms with Crippen molar-refractivity contribution in [1.82, 2.24) is 19.7 Å². The number of amides is 1. The molecule has 26 heavy (non-hydrogen) atoms. The Labute approximate surface area is 161 Å². The maximum Gasteiger partial charge on any atom is 0.239 e. The third-order valence-corrected chi connectivity index (χ3v) is 6.16. The van der Waals surface area contributed by atoms with Crippen LogP contribution >= 0.6 is 23.1 Å². The predicted molar refractivity (Wildman–Crippen MR) is 106 cm³/mol. The topological polar surface area (TPSA) is 72.7 Å². The second-order valence-corrected chi connectivity index (χ2v) is 8.54. The van der Waals surface area contributed by atoms with Gasteiger partial charge in [0.2, 0.25) is 5.91 Å². The first-order chi connectivity index (χ1) is 12.4. The molecule has 0 saturated heterocycles. The van der Waals surface area contributed by atoms with E-state index in [0.29, 0.717) is 11.6 Å². The smallest absolute Gasteiger partial charge is 0.239 e. The fourth-order valence-electron chi connectivity index (χ4n) is 2.32. The summed E-state index contributed by atoms with van der Waals surface area (Å²) in [6, 6.07) is 10.1. The standard InChI is InChI=1S/C18H21N5OS2/c1-11-12(2)25-17(19-11)20-16(24)13(3)26-18-22-21-15(23(18)4)10-14-8-6-5-7-9-14/h5-9,13H,10H2,1-4H3,(H,19,20,24). The lowest BCUT2D eigenvalue weighted by Gasteiger charge is -2.10. The summed E-state index contributed by atoms with van der Waals surface area (Å²) in [4.78, 5) is 17.9. The Kier molecular flexibility index (Phi) is 5.73. The monoisotopic (exact) mass is 387 g/mol. The molecule has 1 unspecified atom stereocenters. The average molecular weight is 388 g/mol. The van der Waals surface area contributed by atoms with Crippen LogP contribution in [0.15, 0.2) is 35.5 Å². The number of nitrogens with zero attached hydrogens (tertiary/aromatic N) is 4. The molecule has 0 spiro atoms. The van der Waals surface area contributed by atoms with E-state index in [1.165, 1.54) is 28.7 Å². The molecule has 6 nitrogen and oxygen atoms in total. The van der Waals surface area contributed by atoms with Gasteiger partial charge in [-0.15, -0.1) is 21.5 Å². The first-order valence-electron chi connectivity index (χ1n) is 8.27. The van der Waals surface area contributed by atoms with Crippen LogP contribution in [0.5, 0.6) is 0 Å². The van der Waals surface area contributed by atoms with Gasteiger partial charge < -0.3 is 9.88 Å². The number of nitrogens with one attached hydrogen (secondary N) is 1. The molecule has 0 aliphatic rings. The highest BCUT2D eigenvalue weighted by Gasteiger charge is 2.20. The first kappa shape index (κ1) is 18.6. The van der Waals surface area contributed by atoms with Crippen LogP contribution in [-0.4, -0.2) is 30.9 Å². The minimum absolute atomic E-state index is 0.0867. The van der Waals surface area contributed by atoms with Crippen molar-refractivity contribution in [1.29, 1.82) is 0 Å². The summed E-state index contributed by atoms with van der Waals surface area (Å²) < 4.78 is 1.94. The number of carbonyl (C=O) groups excluding carboxylic acids is 1. The van der Waals surface area contributed by atoms with E-state index in [0.717, 1.165) is 21.6 Å². The molecule has 1 atom stereocenters. The van der Waals surface area contributed by atoms with Crippen molar-refractivity contribution in [2.24, 2.45) is 7.05 Å². The Hall–Kier alpha value is -2.19. The van der Waals surface area contributed by atoms with Crippen LogP contribution in [0.4, 0.5) is 5.13 Å². The number of thiazole rings is 1. The molecule has 2 heterocycles. The van der Waals surface area contributed by atoms with Gasteiger partial charge in [-0.05, 0) is 26.3 Å². The molecule has 0 saturated carbocycles. The van der Waals surface area contributed by atoms with Gasteiger partial charge in [-0.2, -0.15) is 0 Å². The van der Waals surface area contributed by atoms with Crippen molar-refractivity contribution in [2.75, 3.05) is 5.32 Å². The highest BCUT2D eigenvalue weighted by molar-refractivity contribution is 8.00. The summed E-state index contributed by atoms with van der Waals surface area (Å²) in [5.74, 6) is 0.786. The maximum atomic E-state index is 12.4. The zero-order valence-corrected chi connectivity index (χ0v) is 16.8. The number of benzene rings is 1. The fraction of sp³-hybridized carbons (Fsp3) is 0.333. The lowest BCUT2D eigenvalue weighted by Crippen LogP contribution is -2.22. The zero-order valence-electron chi connectivity index (χ0n) is 15.2.